The Morgan fingerprint density at radius 2 is 0.760 bits per heavy atom. The Hall–Kier alpha value is -6.64. The monoisotopic (exact) mass is 634 g/mol. The maximum absolute atomic E-state index is 2.50. The minimum atomic E-state index is 1.16. The van der Waals surface area contributed by atoms with Crippen molar-refractivity contribution in [2.75, 3.05) is 0 Å². The molecule has 2 heterocycles. The van der Waals surface area contributed by atoms with Gasteiger partial charge in [-0.1, -0.05) is 140 Å². The molecule has 232 valence electrons. The van der Waals surface area contributed by atoms with Gasteiger partial charge < -0.3 is 9.13 Å². The summed E-state index contributed by atoms with van der Waals surface area (Å²) < 4.78 is 4.97. The van der Waals surface area contributed by atoms with Crippen molar-refractivity contribution in [3.63, 3.8) is 0 Å². The van der Waals surface area contributed by atoms with Gasteiger partial charge in [-0.3, -0.25) is 0 Å². The van der Waals surface area contributed by atoms with Gasteiger partial charge in [0.15, 0.2) is 0 Å². The Morgan fingerprint density at radius 3 is 1.40 bits per heavy atom. The smallest absolute Gasteiger partial charge is 0.0619 e. The minimum absolute atomic E-state index is 1.16. The molecule has 0 saturated carbocycles. The van der Waals surface area contributed by atoms with Crippen LogP contribution >= 0.6 is 0 Å². The summed E-state index contributed by atoms with van der Waals surface area (Å²) in [7, 11) is 0. The number of para-hydroxylation sites is 1. The van der Waals surface area contributed by atoms with Gasteiger partial charge in [0.25, 0.3) is 0 Å². The summed E-state index contributed by atoms with van der Waals surface area (Å²) in [6.07, 6.45) is 0. The van der Waals surface area contributed by atoms with Crippen molar-refractivity contribution in [2.24, 2.45) is 0 Å². The standard InChI is InChI=1S/C48H30N2/c1-3-11-31(12-4-1)34-19-20-36-28-38(24-21-35(36)27-34)50-46-30-43-41-25-22-32-13-7-9-17-39(32)47(41)49(37-15-5-2-6-16-37)45(43)29-44(46)42-26-23-33-14-8-10-18-40(33)48(42)50/h1-30H. The van der Waals surface area contributed by atoms with Gasteiger partial charge in [0, 0.05) is 43.7 Å². The quantitative estimate of drug-likeness (QED) is 0.183. The Kier molecular flexibility index (Phi) is 5.70. The van der Waals surface area contributed by atoms with Gasteiger partial charge in [-0.05, 0) is 75.1 Å². The second kappa shape index (κ2) is 10.4. The van der Waals surface area contributed by atoms with Crippen molar-refractivity contribution < 1.29 is 0 Å². The molecule has 0 bridgehead atoms. The molecule has 0 radical (unpaired) electrons. The van der Waals surface area contributed by atoms with Crippen LogP contribution in [0.25, 0.3) is 98.4 Å². The third-order valence-electron chi connectivity index (χ3n) is 10.6. The fourth-order valence-electron chi connectivity index (χ4n) is 8.34. The largest absolute Gasteiger partial charge is 0.309 e. The Labute approximate surface area is 288 Å². The van der Waals surface area contributed by atoms with Crippen LogP contribution in [-0.2, 0) is 0 Å². The van der Waals surface area contributed by atoms with Crippen molar-refractivity contribution in [1.29, 1.82) is 0 Å². The molecule has 0 fully saturated rings. The number of rotatable bonds is 3. The van der Waals surface area contributed by atoms with E-state index in [4.69, 9.17) is 0 Å². The molecule has 0 N–H and O–H groups in total. The number of fused-ring (bicyclic) bond motifs is 11. The topological polar surface area (TPSA) is 9.86 Å². The molecule has 2 nitrogen and oxygen atoms in total. The lowest BCUT2D eigenvalue weighted by atomic mass is 10.0. The van der Waals surface area contributed by atoms with Crippen molar-refractivity contribution in [2.45, 2.75) is 0 Å². The number of nitrogens with zero attached hydrogens (tertiary/aromatic N) is 2. The number of hydrogen-bond donors (Lipinski definition) is 0. The zero-order chi connectivity index (χ0) is 32.8. The average Bonchev–Trinajstić information content (AvgIpc) is 3.70. The number of benzene rings is 9. The second-order valence-corrected chi connectivity index (χ2v) is 13.4. The Morgan fingerprint density at radius 1 is 0.260 bits per heavy atom. The Balaban J connectivity index is 1.26. The van der Waals surface area contributed by atoms with Crippen LogP contribution in [0.4, 0.5) is 0 Å². The van der Waals surface area contributed by atoms with Crippen LogP contribution in [0.1, 0.15) is 0 Å². The molecule has 2 aromatic heterocycles. The first-order valence-electron chi connectivity index (χ1n) is 17.3. The number of hydrogen-bond acceptors (Lipinski definition) is 0. The molecule has 50 heavy (non-hydrogen) atoms. The molecular formula is C48H30N2. The first-order chi connectivity index (χ1) is 24.8. The molecule has 0 aliphatic heterocycles. The van der Waals surface area contributed by atoms with Gasteiger partial charge in [-0.2, -0.15) is 0 Å². The molecule has 0 atom stereocenters. The van der Waals surface area contributed by atoms with Gasteiger partial charge in [0.1, 0.15) is 0 Å². The van der Waals surface area contributed by atoms with Gasteiger partial charge in [-0.25, -0.2) is 0 Å². The maximum Gasteiger partial charge on any atom is 0.0619 e. The van der Waals surface area contributed by atoms with Gasteiger partial charge in [0.2, 0.25) is 0 Å². The molecule has 0 saturated heterocycles. The fraction of sp³-hybridized carbons (Fsp3) is 0. The molecule has 0 spiro atoms. The highest BCUT2D eigenvalue weighted by atomic mass is 15.0. The highest BCUT2D eigenvalue weighted by molar-refractivity contribution is 6.25. The molecule has 11 rings (SSSR count). The molecule has 0 amide bonds. The van der Waals surface area contributed by atoms with E-state index in [2.05, 4.69) is 191 Å². The van der Waals surface area contributed by atoms with E-state index in [1.165, 1.54) is 92.7 Å². The average molecular weight is 635 g/mol. The van der Waals surface area contributed by atoms with Crippen LogP contribution in [0.2, 0.25) is 0 Å². The maximum atomic E-state index is 2.50. The van der Waals surface area contributed by atoms with E-state index in [0.29, 0.717) is 0 Å². The third-order valence-corrected chi connectivity index (χ3v) is 10.6. The van der Waals surface area contributed by atoms with Gasteiger partial charge in [0.05, 0.1) is 22.1 Å². The fourth-order valence-corrected chi connectivity index (χ4v) is 8.34. The van der Waals surface area contributed by atoms with Crippen LogP contribution < -0.4 is 0 Å². The molecule has 9 aromatic carbocycles. The zero-order valence-corrected chi connectivity index (χ0v) is 27.2. The molecule has 0 aliphatic rings. The lowest BCUT2D eigenvalue weighted by Gasteiger charge is -2.12. The SMILES string of the molecule is c1ccc(-c2ccc3cc(-n4c5cc6c7ccc8ccccc8c7n(-c7ccccc7)c6cc5c5ccc6ccccc6c54)ccc3c2)cc1. The van der Waals surface area contributed by atoms with Crippen LogP contribution in [0.3, 0.4) is 0 Å². The summed E-state index contributed by atoms with van der Waals surface area (Å²) in [5.41, 5.74) is 9.72. The van der Waals surface area contributed by atoms with Crippen LogP contribution in [0.15, 0.2) is 182 Å². The molecule has 0 unspecified atom stereocenters. The van der Waals surface area contributed by atoms with E-state index in [1.54, 1.807) is 0 Å². The van der Waals surface area contributed by atoms with Gasteiger partial charge >= 0.3 is 0 Å². The normalized spacial score (nSPS) is 12.0. The van der Waals surface area contributed by atoms with Crippen molar-refractivity contribution in [1.82, 2.24) is 9.13 Å². The molecule has 11 aromatic rings. The summed E-state index contributed by atoms with van der Waals surface area (Å²) in [6.45, 7) is 0. The van der Waals surface area contributed by atoms with Crippen LogP contribution in [-0.4, -0.2) is 9.13 Å². The predicted octanol–water partition coefficient (Wildman–Crippen LogP) is 13.0. The molecule has 0 aliphatic carbocycles. The van der Waals surface area contributed by atoms with E-state index >= 15 is 0 Å². The summed E-state index contributed by atoms with van der Waals surface area (Å²) in [4.78, 5) is 0. The minimum Gasteiger partial charge on any atom is -0.309 e. The van der Waals surface area contributed by atoms with Crippen molar-refractivity contribution >= 4 is 75.9 Å². The van der Waals surface area contributed by atoms with E-state index in [0.717, 1.165) is 5.69 Å². The zero-order valence-electron chi connectivity index (χ0n) is 27.2. The third kappa shape index (κ3) is 3.90. The first kappa shape index (κ1) is 27.3. The van der Waals surface area contributed by atoms with Crippen molar-refractivity contribution in [3.05, 3.63) is 182 Å². The van der Waals surface area contributed by atoms with E-state index in [-0.39, 0.29) is 0 Å². The summed E-state index contributed by atoms with van der Waals surface area (Å²) >= 11 is 0. The second-order valence-electron chi connectivity index (χ2n) is 13.4. The van der Waals surface area contributed by atoms with Crippen LogP contribution in [0.5, 0.6) is 0 Å². The van der Waals surface area contributed by atoms with Gasteiger partial charge in [-0.15, -0.1) is 0 Å². The lowest BCUT2D eigenvalue weighted by Crippen LogP contribution is -1.95. The van der Waals surface area contributed by atoms with E-state index in [1.807, 2.05) is 0 Å². The first-order valence-corrected chi connectivity index (χ1v) is 17.3. The predicted molar refractivity (Wildman–Crippen MR) is 213 cm³/mol. The highest BCUT2D eigenvalue weighted by Crippen LogP contribution is 2.43. The molecule has 2 heteroatoms. The van der Waals surface area contributed by atoms with Crippen molar-refractivity contribution in [3.8, 4) is 22.5 Å². The summed E-state index contributed by atoms with van der Waals surface area (Å²) in [6, 6.07) is 66.8. The lowest BCUT2D eigenvalue weighted by molar-refractivity contribution is 1.18. The van der Waals surface area contributed by atoms with E-state index in [9.17, 15) is 0 Å². The Bertz CT molecular complexity index is 3130. The number of aromatic nitrogens is 2. The van der Waals surface area contributed by atoms with Crippen LogP contribution in [0, 0.1) is 0 Å². The highest BCUT2D eigenvalue weighted by Gasteiger charge is 2.21. The molecular weight excluding hydrogens is 605 g/mol. The summed E-state index contributed by atoms with van der Waals surface area (Å²) in [5.74, 6) is 0. The van der Waals surface area contributed by atoms with E-state index < -0.39 is 0 Å². The summed E-state index contributed by atoms with van der Waals surface area (Å²) in [5, 5.41) is 12.5.